The summed E-state index contributed by atoms with van der Waals surface area (Å²) in [4.78, 5) is 20.9. The molecule has 0 radical (unpaired) electrons. The number of aromatic nitrogens is 2. The Bertz CT molecular complexity index is 633. The molecule has 20 heavy (non-hydrogen) atoms. The third kappa shape index (κ3) is 2.74. The van der Waals surface area contributed by atoms with Gasteiger partial charge in [0.05, 0.1) is 18.6 Å². The highest BCUT2D eigenvalue weighted by molar-refractivity contribution is 5.89. The summed E-state index contributed by atoms with van der Waals surface area (Å²) < 4.78 is 6.28. The molecule has 0 saturated carbocycles. The smallest absolute Gasteiger partial charge is 0.363 e. The standard InChI is InChI=1S/C12H11N3O5/c1-20-9-4-2-3-8(5-9)6-14-7-10(15(18)19)11(13-14)12(16)17/h2-5,7H,6H2,1H3,(H,16,17). The van der Waals surface area contributed by atoms with Gasteiger partial charge in [0.2, 0.25) is 5.69 Å². The molecule has 1 aromatic heterocycles. The van der Waals surface area contributed by atoms with Gasteiger partial charge in [0.15, 0.2) is 0 Å². The Morgan fingerprint density at radius 1 is 1.55 bits per heavy atom. The predicted molar refractivity (Wildman–Crippen MR) is 67.9 cm³/mol. The zero-order valence-electron chi connectivity index (χ0n) is 10.5. The van der Waals surface area contributed by atoms with E-state index in [-0.39, 0.29) is 6.54 Å². The molecule has 1 aromatic carbocycles. The molecule has 1 heterocycles. The SMILES string of the molecule is COc1cccc(Cn2cc([N+](=O)[O-])c(C(=O)O)n2)c1. The molecule has 0 spiro atoms. The molecule has 0 bridgehead atoms. The minimum atomic E-state index is -1.43. The van der Waals surface area contributed by atoms with E-state index in [0.29, 0.717) is 5.75 Å². The van der Waals surface area contributed by atoms with Gasteiger partial charge in [0.1, 0.15) is 11.9 Å². The molecule has 0 aliphatic carbocycles. The maximum Gasteiger partial charge on any atom is 0.363 e. The van der Waals surface area contributed by atoms with Gasteiger partial charge in [-0.25, -0.2) is 4.79 Å². The molecule has 0 aliphatic rings. The van der Waals surface area contributed by atoms with Crippen LogP contribution in [0.25, 0.3) is 0 Å². The lowest BCUT2D eigenvalue weighted by Crippen LogP contribution is -2.04. The van der Waals surface area contributed by atoms with Gasteiger partial charge < -0.3 is 9.84 Å². The highest BCUT2D eigenvalue weighted by Crippen LogP contribution is 2.19. The van der Waals surface area contributed by atoms with Crippen LogP contribution in [0, 0.1) is 10.1 Å². The lowest BCUT2D eigenvalue weighted by molar-refractivity contribution is -0.385. The summed E-state index contributed by atoms with van der Waals surface area (Å²) >= 11 is 0. The third-order valence-corrected chi connectivity index (χ3v) is 2.62. The van der Waals surface area contributed by atoms with Crippen LogP contribution in [-0.2, 0) is 6.54 Å². The first-order chi connectivity index (χ1) is 9.51. The van der Waals surface area contributed by atoms with Gasteiger partial charge in [0.25, 0.3) is 0 Å². The minimum Gasteiger partial charge on any atom is -0.497 e. The van der Waals surface area contributed by atoms with Crippen LogP contribution in [0.5, 0.6) is 5.75 Å². The fourth-order valence-corrected chi connectivity index (χ4v) is 1.74. The number of nitrogens with zero attached hydrogens (tertiary/aromatic N) is 3. The fourth-order valence-electron chi connectivity index (χ4n) is 1.74. The highest BCUT2D eigenvalue weighted by atomic mass is 16.6. The van der Waals surface area contributed by atoms with E-state index in [0.717, 1.165) is 11.8 Å². The Morgan fingerprint density at radius 2 is 2.30 bits per heavy atom. The average Bonchev–Trinajstić information content (AvgIpc) is 2.83. The van der Waals surface area contributed by atoms with E-state index in [1.54, 1.807) is 24.3 Å². The number of rotatable bonds is 5. The van der Waals surface area contributed by atoms with Crippen molar-refractivity contribution in [2.24, 2.45) is 0 Å². The van der Waals surface area contributed by atoms with Crippen LogP contribution in [0.2, 0.25) is 0 Å². The van der Waals surface area contributed by atoms with Gasteiger partial charge in [-0.2, -0.15) is 5.10 Å². The molecule has 8 heteroatoms. The normalized spacial score (nSPS) is 10.2. The maximum absolute atomic E-state index is 10.9. The van der Waals surface area contributed by atoms with E-state index >= 15 is 0 Å². The molecule has 0 fully saturated rings. The number of carboxylic acids is 1. The van der Waals surface area contributed by atoms with Crippen molar-refractivity contribution in [2.45, 2.75) is 6.54 Å². The van der Waals surface area contributed by atoms with Gasteiger partial charge in [-0.15, -0.1) is 0 Å². The van der Waals surface area contributed by atoms with E-state index in [9.17, 15) is 14.9 Å². The van der Waals surface area contributed by atoms with Gasteiger partial charge in [-0.05, 0) is 17.7 Å². The Hall–Kier alpha value is -2.90. The Labute approximate surface area is 113 Å². The monoisotopic (exact) mass is 277 g/mol. The second kappa shape index (κ2) is 5.39. The predicted octanol–water partition coefficient (Wildman–Crippen LogP) is 1.55. The van der Waals surface area contributed by atoms with Gasteiger partial charge in [-0.3, -0.25) is 14.8 Å². The first-order valence-corrected chi connectivity index (χ1v) is 5.59. The molecule has 0 saturated heterocycles. The van der Waals surface area contributed by atoms with Gasteiger partial charge in [0, 0.05) is 0 Å². The van der Waals surface area contributed by atoms with Crippen molar-refractivity contribution in [3.63, 3.8) is 0 Å². The van der Waals surface area contributed by atoms with Crippen molar-refractivity contribution in [1.29, 1.82) is 0 Å². The van der Waals surface area contributed by atoms with E-state index in [4.69, 9.17) is 9.84 Å². The minimum absolute atomic E-state index is 0.214. The van der Waals surface area contributed by atoms with E-state index in [1.807, 2.05) is 0 Å². The summed E-state index contributed by atoms with van der Waals surface area (Å²) in [6, 6.07) is 7.06. The number of hydrogen-bond acceptors (Lipinski definition) is 5. The molecule has 2 rings (SSSR count). The molecule has 104 valence electrons. The number of hydrogen-bond donors (Lipinski definition) is 1. The van der Waals surface area contributed by atoms with E-state index < -0.39 is 22.3 Å². The summed E-state index contributed by atoms with van der Waals surface area (Å²) in [6.45, 7) is 0.214. The van der Waals surface area contributed by atoms with Crippen molar-refractivity contribution < 1.29 is 19.6 Å². The Balaban J connectivity index is 2.31. The van der Waals surface area contributed by atoms with E-state index in [2.05, 4.69) is 5.10 Å². The first kappa shape index (κ1) is 13.5. The summed E-state index contributed by atoms with van der Waals surface area (Å²) in [7, 11) is 1.53. The quantitative estimate of drug-likeness (QED) is 0.656. The van der Waals surface area contributed by atoms with Gasteiger partial charge >= 0.3 is 11.7 Å². The molecular weight excluding hydrogens is 266 g/mol. The second-order valence-electron chi connectivity index (χ2n) is 3.97. The van der Waals surface area contributed by atoms with Crippen molar-refractivity contribution >= 4 is 11.7 Å². The maximum atomic E-state index is 10.9. The Kier molecular flexibility index (Phi) is 3.65. The number of carboxylic acid groups (broad SMARTS) is 1. The average molecular weight is 277 g/mol. The van der Waals surface area contributed by atoms with Crippen LogP contribution < -0.4 is 4.74 Å². The first-order valence-electron chi connectivity index (χ1n) is 5.59. The lowest BCUT2D eigenvalue weighted by Gasteiger charge is -2.04. The van der Waals surface area contributed by atoms with Crippen LogP contribution in [0.4, 0.5) is 5.69 Å². The number of benzene rings is 1. The van der Waals surface area contributed by atoms with Crippen LogP contribution in [-0.4, -0.2) is 32.9 Å². The number of nitro groups is 1. The third-order valence-electron chi connectivity index (χ3n) is 2.62. The van der Waals surface area contributed by atoms with E-state index in [1.165, 1.54) is 11.8 Å². The second-order valence-corrected chi connectivity index (χ2v) is 3.97. The topological polar surface area (TPSA) is 107 Å². The molecule has 1 N–H and O–H groups in total. The molecule has 0 unspecified atom stereocenters. The molecular formula is C12H11N3O5. The van der Waals surface area contributed by atoms with Crippen LogP contribution in [0.15, 0.2) is 30.5 Å². The summed E-state index contributed by atoms with van der Waals surface area (Å²) in [5.74, 6) is -0.788. The number of ether oxygens (including phenoxy) is 1. The van der Waals surface area contributed by atoms with Crippen molar-refractivity contribution in [3.8, 4) is 5.75 Å². The van der Waals surface area contributed by atoms with Crippen molar-refractivity contribution in [1.82, 2.24) is 9.78 Å². The summed E-state index contributed by atoms with van der Waals surface area (Å²) in [5, 5.41) is 23.4. The van der Waals surface area contributed by atoms with Crippen molar-refractivity contribution in [2.75, 3.05) is 7.11 Å². The molecule has 0 atom stereocenters. The van der Waals surface area contributed by atoms with Crippen LogP contribution >= 0.6 is 0 Å². The Morgan fingerprint density at radius 3 is 2.85 bits per heavy atom. The molecule has 2 aromatic rings. The highest BCUT2D eigenvalue weighted by Gasteiger charge is 2.25. The van der Waals surface area contributed by atoms with Crippen molar-refractivity contribution in [3.05, 3.63) is 51.8 Å². The summed E-state index contributed by atoms with van der Waals surface area (Å²) in [6.07, 6.45) is 1.10. The molecule has 0 amide bonds. The number of carbonyl (C=O) groups is 1. The number of aromatic carboxylic acids is 1. The fraction of sp³-hybridized carbons (Fsp3) is 0.167. The van der Waals surface area contributed by atoms with Gasteiger partial charge in [-0.1, -0.05) is 12.1 Å². The number of methoxy groups -OCH3 is 1. The zero-order valence-corrected chi connectivity index (χ0v) is 10.5. The van der Waals surface area contributed by atoms with Crippen LogP contribution in [0.1, 0.15) is 16.1 Å². The molecule has 0 aliphatic heterocycles. The largest absolute Gasteiger partial charge is 0.497 e. The van der Waals surface area contributed by atoms with Crippen LogP contribution in [0.3, 0.4) is 0 Å². The molecule has 8 nitrogen and oxygen atoms in total. The lowest BCUT2D eigenvalue weighted by atomic mass is 10.2. The summed E-state index contributed by atoms with van der Waals surface area (Å²) in [5.41, 5.74) is -0.308. The zero-order chi connectivity index (χ0) is 14.7.